The van der Waals surface area contributed by atoms with Crippen molar-refractivity contribution in [2.24, 2.45) is 5.73 Å². The smallest absolute Gasteiger partial charge is 0.239 e. The number of carbonyl (C=O) groups is 1. The molecule has 30 heavy (non-hydrogen) atoms. The van der Waals surface area contributed by atoms with Crippen LogP contribution in [0, 0.1) is 6.92 Å². The highest BCUT2D eigenvalue weighted by Gasteiger charge is 2.27. The quantitative estimate of drug-likeness (QED) is 0.657. The van der Waals surface area contributed by atoms with Crippen molar-refractivity contribution in [3.05, 3.63) is 64.9 Å². The monoisotopic (exact) mass is 424 g/mol. The molecular formula is C22H25ClN6O. The molecule has 1 amide bonds. The van der Waals surface area contributed by atoms with Crippen LogP contribution in [0.25, 0.3) is 11.4 Å². The van der Waals surface area contributed by atoms with Crippen molar-refractivity contribution in [3.63, 3.8) is 0 Å². The summed E-state index contributed by atoms with van der Waals surface area (Å²) < 4.78 is 0. The third kappa shape index (κ3) is 4.32. The number of nitrogens with one attached hydrogen (secondary N) is 1. The van der Waals surface area contributed by atoms with Crippen LogP contribution in [0.3, 0.4) is 0 Å². The largest absolute Gasteiger partial charge is 0.367 e. The second-order valence-corrected chi connectivity index (χ2v) is 7.98. The Bertz CT molecular complexity index is 997. The van der Waals surface area contributed by atoms with E-state index in [0.717, 1.165) is 35.5 Å². The van der Waals surface area contributed by atoms with E-state index < -0.39 is 6.04 Å². The minimum atomic E-state index is -0.555. The molecule has 156 valence electrons. The number of halogens is 1. The number of aromatic nitrogens is 3. The van der Waals surface area contributed by atoms with E-state index in [4.69, 9.17) is 17.3 Å². The second kappa shape index (κ2) is 8.85. The molecule has 0 radical (unpaired) electrons. The molecule has 1 atom stereocenters. The Balaban J connectivity index is 1.41. The van der Waals surface area contributed by atoms with Crippen molar-refractivity contribution in [2.45, 2.75) is 19.4 Å². The fourth-order valence-corrected chi connectivity index (χ4v) is 4.03. The number of carbonyl (C=O) groups excluding carboxylic acids is 1. The van der Waals surface area contributed by atoms with Crippen molar-refractivity contribution < 1.29 is 4.79 Å². The molecule has 4 rings (SSSR count). The summed E-state index contributed by atoms with van der Waals surface area (Å²) in [5, 5.41) is 7.73. The zero-order valence-corrected chi connectivity index (χ0v) is 17.6. The Kier molecular flexibility index (Phi) is 6.01. The third-order valence-electron chi connectivity index (χ3n) is 5.51. The first-order chi connectivity index (χ1) is 14.5. The molecule has 1 aliphatic heterocycles. The summed E-state index contributed by atoms with van der Waals surface area (Å²) in [6.45, 7) is 4.80. The predicted molar refractivity (Wildman–Crippen MR) is 118 cm³/mol. The molecule has 8 heteroatoms. The average molecular weight is 425 g/mol. The van der Waals surface area contributed by atoms with Gasteiger partial charge in [-0.3, -0.25) is 9.89 Å². The number of H-pyrrole nitrogens is 1. The summed E-state index contributed by atoms with van der Waals surface area (Å²) >= 11 is 5.93. The molecule has 0 spiro atoms. The van der Waals surface area contributed by atoms with Gasteiger partial charge >= 0.3 is 0 Å². The van der Waals surface area contributed by atoms with Crippen LogP contribution < -0.4 is 10.6 Å². The van der Waals surface area contributed by atoms with Gasteiger partial charge in [0, 0.05) is 42.5 Å². The lowest BCUT2D eigenvalue weighted by Gasteiger charge is -2.38. The van der Waals surface area contributed by atoms with Crippen LogP contribution in [0.2, 0.25) is 5.02 Å². The molecule has 1 aromatic heterocycles. The Labute approximate surface area is 180 Å². The van der Waals surface area contributed by atoms with E-state index in [1.54, 1.807) is 6.33 Å². The molecule has 1 fully saturated rings. The molecular weight excluding hydrogens is 400 g/mol. The topological polar surface area (TPSA) is 91.1 Å². The van der Waals surface area contributed by atoms with Gasteiger partial charge < -0.3 is 15.5 Å². The maximum Gasteiger partial charge on any atom is 0.239 e. The number of amides is 1. The normalized spacial score (nSPS) is 15.3. The van der Waals surface area contributed by atoms with Crippen LogP contribution >= 0.6 is 11.6 Å². The fourth-order valence-electron chi connectivity index (χ4n) is 3.90. The molecule has 2 aromatic carbocycles. The Hall–Kier alpha value is -2.90. The zero-order valence-electron chi connectivity index (χ0n) is 16.9. The molecule has 1 saturated heterocycles. The fraction of sp³-hybridized carbons (Fsp3) is 0.318. The number of piperazine rings is 1. The summed E-state index contributed by atoms with van der Waals surface area (Å²) in [7, 11) is 0. The highest BCUT2D eigenvalue weighted by Crippen LogP contribution is 2.32. The van der Waals surface area contributed by atoms with E-state index in [1.165, 1.54) is 0 Å². The number of hydrogen-bond donors (Lipinski definition) is 2. The molecule has 0 bridgehead atoms. The summed E-state index contributed by atoms with van der Waals surface area (Å²) in [6.07, 6.45) is 2.09. The van der Waals surface area contributed by atoms with E-state index >= 15 is 0 Å². The number of benzene rings is 2. The van der Waals surface area contributed by atoms with Gasteiger partial charge in [-0.15, -0.1) is 0 Å². The maximum atomic E-state index is 12.9. The maximum absolute atomic E-state index is 12.9. The number of anilines is 1. The third-order valence-corrected chi connectivity index (χ3v) is 5.76. The summed E-state index contributed by atoms with van der Waals surface area (Å²) in [4.78, 5) is 21.3. The standard InChI is InChI=1S/C22H25ClN6O/c1-15-3-2-4-19(20(15)21-25-14-26-27-21)28-9-11-29(12-10-28)22(30)18(24)13-16-5-7-17(23)8-6-16/h2-8,14,18H,9-13,24H2,1H3,(H,25,26,27). The first-order valence-electron chi connectivity index (χ1n) is 10.0. The van der Waals surface area contributed by atoms with Gasteiger partial charge in [-0.1, -0.05) is 35.9 Å². The molecule has 3 N–H and O–H groups in total. The lowest BCUT2D eigenvalue weighted by Crippen LogP contribution is -2.53. The first-order valence-corrected chi connectivity index (χ1v) is 10.4. The lowest BCUT2D eigenvalue weighted by molar-refractivity contribution is -0.132. The van der Waals surface area contributed by atoms with Crippen LogP contribution in [0.1, 0.15) is 11.1 Å². The highest BCUT2D eigenvalue weighted by molar-refractivity contribution is 6.30. The van der Waals surface area contributed by atoms with Gasteiger partial charge in [0.05, 0.1) is 6.04 Å². The van der Waals surface area contributed by atoms with Crippen LogP contribution in [0.4, 0.5) is 5.69 Å². The van der Waals surface area contributed by atoms with Crippen molar-refractivity contribution in [2.75, 3.05) is 31.1 Å². The number of nitrogens with zero attached hydrogens (tertiary/aromatic N) is 4. The van der Waals surface area contributed by atoms with Gasteiger partial charge in [0.1, 0.15) is 6.33 Å². The minimum Gasteiger partial charge on any atom is -0.367 e. The number of aromatic amines is 1. The van der Waals surface area contributed by atoms with Crippen LogP contribution in [0.5, 0.6) is 0 Å². The van der Waals surface area contributed by atoms with E-state index in [-0.39, 0.29) is 5.91 Å². The van der Waals surface area contributed by atoms with Gasteiger partial charge in [0.15, 0.2) is 5.82 Å². The van der Waals surface area contributed by atoms with Gasteiger partial charge in [0.2, 0.25) is 5.91 Å². The Morgan fingerprint density at radius 1 is 1.17 bits per heavy atom. The van der Waals surface area contributed by atoms with Crippen LogP contribution in [-0.2, 0) is 11.2 Å². The van der Waals surface area contributed by atoms with Crippen molar-refractivity contribution in [1.82, 2.24) is 20.1 Å². The minimum absolute atomic E-state index is 0.0111. The molecule has 3 aromatic rings. The molecule has 7 nitrogen and oxygen atoms in total. The number of rotatable bonds is 5. The molecule has 1 unspecified atom stereocenters. The van der Waals surface area contributed by atoms with Crippen LogP contribution in [-0.4, -0.2) is 58.2 Å². The van der Waals surface area contributed by atoms with Crippen molar-refractivity contribution >= 4 is 23.2 Å². The van der Waals surface area contributed by atoms with Crippen LogP contribution in [0.15, 0.2) is 48.8 Å². The highest BCUT2D eigenvalue weighted by atomic mass is 35.5. The molecule has 1 aliphatic rings. The van der Waals surface area contributed by atoms with Gasteiger partial charge in [-0.2, -0.15) is 5.10 Å². The Morgan fingerprint density at radius 3 is 2.57 bits per heavy atom. The lowest BCUT2D eigenvalue weighted by atomic mass is 10.0. The number of nitrogens with two attached hydrogens (primary N) is 1. The Morgan fingerprint density at radius 2 is 1.90 bits per heavy atom. The van der Waals surface area contributed by atoms with Crippen molar-refractivity contribution in [3.8, 4) is 11.4 Å². The molecule has 0 saturated carbocycles. The predicted octanol–water partition coefficient (Wildman–Crippen LogP) is 2.65. The van der Waals surface area contributed by atoms with E-state index in [1.807, 2.05) is 35.2 Å². The zero-order chi connectivity index (χ0) is 21.1. The summed E-state index contributed by atoms with van der Waals surface area (Å²) in [5.41, 5.74) is 10.5. The first kappa shape index (κ1) is 20.4. The van der Waals surface area contributed by atoms with E-state index in [2.05, 4.69) is 39.1 Å². The molecule has 2 heterocycles. The summed E-state index contributed by atoms with van der Waals surface area (Å²) in [6, 6.07) is 13.1. The van der Waals surface area contributed by atoms with Gasteiger partial charge in [-0.05, 0) is 42.7 Å². The van der Waals surface area contributed by atoms with E-state index in [0.29, 0.717) is 30.4 Å². The van der Waals surface area contributed by atoms with Gasteiger partial charge in [-0.25, -0.2) is 4.98 Å². The number of hydrogen-bond acceptors (Lipinski definition) is 5. The SMILES string of the molecule is Cc1cccc(N2CCN(C(=O)C(N)Cc3ccc(Cl)cc3)CC2)c1-c1nc[nH]n1. The number of aryl methyl sites for hydroxylation is 1. The molecule has 0 aliphatic carbocycles. The summed E-state index contributed by atoms with van der Waals surface area (Å²) in [5.74, 6) is 0.676. The van der Waals surface area contributed by atoms with Crippen molar-refractivity contribution in [1.29, 1.82) is 0 Å². The average Bonchev–Trinajstić information content (AvgIpc) is 3.29. The van der Waals surface area contributed by atoms with E-state index in [9.17, 15) is 4.79 Å². The second-order valence-electron chi connectivity index (χ2n) is 7.54. The van der Waals surface area contributed by atoms with Gasteiger partial charge in [0.25, 0.3) is 0 Å².